The van der Waals surface area contributed by atoms with Gasteiger partial charge in [0.25, 0.3) is 0 Å². The lowest BCUT2D eigenvalue weighted by atomic mass is 10.2. The van der Waals surface area contributed by atoms with E-state index >= 15 is 0 Å². The SMILES string of the molecule is COC(=O)[C@@H]1OC[C@@H](O[Si](C)(C)C(C)(C)C)[C@@H]1F. The van der Waals surface area contributed by atoms with E-state index in [9.17, 15) is 9.18 Å². The number of alkyl halides is 1. The fraction of sp³-hybridized carbons (Fsp3) is 0.917. The third kappa shape index (κ3) is 3.10. The number of hydrogen-bond acceptors (Lipinski definition) is 4. The maximum Gasteiger partial charge on any atom is 0.338 e. The molecule has 1 aliphatic rings. The fourth-order valence-electron chi connectivity index (χ4n) is 1.55. The summed E-state index contributed by atoms with van der Waals surface area (Å²) in [5.41, 5.74) is 0. The summed E-state index contributed by atoms with van der Waals surface area (Å²) in [5, 5.41) is -0.00390. The van der Waals surface area contributed by atoms with Gasteiger partial charge in [-0.1, -0.05) is 20.8 Å². The second-order valence-corrected chi connectivity index (χ2v) is 10.9. The zero-order valence-electron chi connectivity index (χ0n) is 12.0. The Kier molecular flexibility index (Phi) is 4.56. The molecule has 1 fully saturated rings. The van der Waals surface area contributed by atoms with Crippen LogP contribution in [-0.2, 0) is 18.7 Å². The molecule has 1 aliphatic heterocycles. The van der Waals surface area contributed by atoms with Crippen LogP contribution in [0.25, 0.3) is 0 Å². The lowest BCUT2D eigenvalue weighted by Gasteiger charge is -2.38. The first-order chi connectivity index (χ1) is 8.10. The molecule has 0 N–H and O–H groups in total. The van der Waals surface area contributed by atoms with Gasteiger partial charge in [0.05, 0.1) is 13.7 Å². The lowest BCUT2D eigenvalue weighted by Crippen LogP contribution is -2.47. The molecule has 1 heterocycles. The lowest BCUT2D eigenvalue weighted by molar-refractivity contribution is -0.153. The molecule has 3 atom stereocenters. The molecule has 0 spiro atoms. The van der Waals surface area contributed by atoms with Crippen LogP contribution in [0.15, 0.2) is 0 Å². The molecule has 0 amide bonds. The molecule has 0 radical (unpaired) electrons. The van der Waals surface area contributed by atoms with Gasteiger partial charge in [-0.2, -0.15) is 0 Å². The van der Waals surface area contributed by atoms with E-state index in [-0.39, 0.29) is 11.6 Å². The molecule has 18 heavy (non-hydrogen) atoms. The molecule has 0 unspecified atom stereocenters. The largest absolute Gasteiger partial charge is 0.467 e. The van der Waals surface area contributed by atoms with Crippen molar-refractivity contribution in [2.45, 2.75) is 57.3 Å². The van der Waals surface area contributed by atoms with Gasteiger partial charge in [-0.3, -0.25) is 0 Å². The maximum atomic E-state index is 14.1. The van der Waals surface area contributed by atoms with Crippen LogP contribution in [0.2, 0.25) is 18.1 Å². The first-order valence-electron chi connectivity index (χ1n) is 6.11. The zero-order chi connectivity index (χ0) is 14.1. The molecule has 106 valence electrons. The summed E-state index contributed by atoms with van der Waals surface area (Å²) >= 11 is 0. The number of ether oxygens (including phenoxy) is 2. The third-order valence-corrected chi connectivity index (χ3v) is 8.27. The highest BCUT2D eigenvalue weighted by molar-refractivity contribution is 6.74. The molecule has 4 nitrogen and oxygen atoms in total. The average Bonchev–Trinajstić information content (AvgIpc) is 2.57. The van der Waals surface area contributed by atoms with Crippen molar-refractivity contribution in [1.29, 1.82) is 0 Å². The number of halogens is 1. The van der Waals surface area contributed by atoms with Crippen LogP contribution in [0, 0.1) is 0 Å². The Balaban J connectivity index is 2.69. The van der Waals surface area contributed by atoms with Gasteiger partial charge in [0.15, 0.2) is 20.6 Å². The van der Waals surface area contributed by atoms with Gasteiger partial charge in [0.2, 0.25) is 0 Å². The van der Waals surface area contributed by atoms with Crippen molar-refractivity contribution in [3.63, 3.8) is 0 Å². The molecule has 1 saturated heterocycles. The second-order valence-electron chi connectivity index (χ2n) is 6.14. The Bertz CT molecular complexity index is 314. The molecule has 0 bridgehead atoms. The molecule has 1 rings (SSSR count). The fourth-order valence-corrected chi connectivity index (χ4v) is 2.85. The average molecular weight is 278 g/mol. The Labute approximate surface area is 109 Å². The quantitative estimate of drug-likeness (QED) is 0.587. The normalized spacial score (nSPS) is 29.4. The van der Waals surface area contributed by atoms with E-state index in [1.165, 1.54) is 7.11 Å². The summed E-state index contributed by atoms with van der Waals surface area (Å²) in [4.78, 5) is 11.3. The van der Waals surface area contributed by atoms with Crippen LogP contribution < -0.4 is 0 Å². The summed E-state index contributed by atoms with van der Waals surface area (Å²) in [7, 11) is -0.836. The minimum atomic E-state index is -2.06. The number of carbonyl (C=O) groups excluding carboxylic acids is 1. The van der Waals surface area contributed by atoms with E-state index < -0.39 is 32.7 Å². The van der Waals surface area contributed by atoms with Gasteiger partial charge in [0.1, 0.15) is 6.10 Å². The summed E-state index contributed by atoms with van der Waals surface area (Å²) in [6.45, 7) is 10.4. The molecule has 0 aromatic rings. The van der Waals surface area contributed by atoms with Gasteiger partial charge in [-0.25, -0.2) is 9.18 Å². The number of hydrogen-bond donors (Lipinski definition) is 0. The molecule has 6 heteroatoms. The van der Waals surface area contributed by atoms with Crippen LogP contribution in [0.5, 0.6) is 0 Å². The minimum Gasteiger partial charge on any atom is -0.467 e. The van der Waals surface area contributed by atoms with E-state index in [1.54, 1.807) is 0 Å². The van der Waals surface area contributed by atoms with Crippen LogP contribution >= 0.6 is 0 Å². The Morgan fingerprint density at radius 2 is 1.94 bits per heavy atom. The van der Waals surface area contributed by atoms with E-state index in [4.69, 9.17) is 9.16 Å². The molecule has 0 aromatic carbocycles. The van der Waals surface area contributed by atoms with Gasteiger partial charge in [-0.05, 0) is 18.1 Å². The monoisotopic (exact) mass is 278 g/mol. The van der Waals surface area contributed by atoms with Crippen molar-refractivity contribution in [3.05, 3.63) is 0 Å². The smallest absolute Gasteiger partial charge is 0.338 e. The highest BCUT2D eigenvalue weighted by atomic mass is 28.4. The van der Waals surface area contributed by atoms with Crippen LogP contribution in [0.1, 0.15) is 20.8 Å². The van der Waals surface area contributed by atoms with Crippen LogP contribution in [0.4, 0.5) is 4.39 Å². The van der Waals surface area contributed by atoms with Crippen molar-refractivity contribution in [2.24, 2.45) is 0 Å². The predicted molar refractivity (Wildman–Crippen MR) is 68.7 cm³/mol. The molecule has 0 aliphatic carbocycles. The number of esters is 1. The van der Waals surface area contributed by atoms with Gasteiger partial charge in [0, 0.05) is 0 Å². The highest BCUT2D eigenvalue weighted by Gasteiger charge is 2.48. The van der Waals surface area contributed by atoms with E-state index in [0.717, 1.165) is 0 Å². The van der Waals surface area contributed by atoms with Crippen LogP contribution in [0.3, 0.4) is 0 Å². The summed E-state index contributed by atoms with van der Waals surface area (Å²) < 4.78 is 29.7. The number of methoxy groups -OCH3 is 1. The third-order valence-electron chi connectivity index (χ3n) is 3.77. The van der Waals surface area contributed by atoms with Crippen molar-refractivity contribution in [3.8, 4) is 0 Å². The highest BCUT2D eigenvalue weighted by Crippen LogP contribution is 2.39. The van der Waals surface area contributed by atoms with Crippen molar-refractivity contribution in [1.82, 2.24) is 0 Å². The van der Waals surface area contributed by atoms with Crippen LogP contribution in [-0.4, -0.2) is 46.4 Å². The Morgan fingerprint density at radius 1 is 1.39 bits per heavy atom. The van der Waals surface area contributed by atoms with E-state index in [0.29, 0.717) is 0 Å². The zero-order valence-corrected chi connectivity index (χ0v) is 13.0. The second kappa shape index (κ2) is 5.26. The Hall–Kier alpha value is -0.463. The van der Waals surface area contributed by atoms with Crippen molar-refractivity contribution >= 4 is 14.3 Å². The standard InChI is InChI=1S/C12H23FO4Si/c1-12(2,3)18(5,6)17-8-7-16-10(9(8)13)11(14)15-4/h8-10H,7H2,1-6H3/t8-,9+,10-/m1/s1. The first-order valence-corrected chi connectivity index (χ1v) is 9.02. The number of rotatable bonds is 3. The summed E-state index contributed by atoms with van der Waals surface area (Å²) in [5.74, 6) is -0.677. The maximum absolute atomic E-state index is 14.1. The molecular formula is C12H23FO4Si. The minimum absolute atomic E-state index is 0.00390. The topological polar surface area (TPSA) is 44.8 Å². The molecule has 0 aromatic heterocycles. The first kappa shape index (κ1) is 15.6. The van der Waals surface area contributed by atoms with Crippen molar-refractivity contribution < 1.29 is 23.1 Å². The summed E-state index contributed by atoms with van der Waals surface area (Å²) in [6, 6.07) is 0. The van der Waals surface area contributed by atoms with Crippen molar-refractivity contribution in [2.75, 3.05) is 13.7 Å². The molecule has 0 saturated carbocycles. The van der Waals surface area contributed by atoms with Gasteiger partial charge < -0.3 is 13.9 Å². The predicted octanol–water partition coefficient (Wildman–Crippen LogP) is 2.29. The van der Waals surface area contributed by atoms with Gasteiger partial charge >= 0.3 is 5.97 Å². The molecular weight excluding hydrogens is 255 g/mol. The van der Waals surface area contributed by atoms with E-state index in [2.05, 4.69) is 25.5 Å². The number of carbonyl (C=O) groups is 1. The van der Waals surface area contributed by atoms with Gasteiger partial charge in [-0.15, -0.1) is 0 Å². The van der Waals surface area contributed by atoms with E-state index in [1.807, 2.05) is 13.1 Å². The Morgan fingerprint density at radius 3 is 2.39 bits per heavy atom. The summed E-state index contributed by atoms with van der Waals surface area (Å²) in [6.07, 6.45) is -3.27.